The summed E-state index contributed by atoms with van der Waals surface area (Å²) in [6, 6.07) is 0. The van der Waals surface area contributed by atoms with Gasteiger partial charge in [-0.2, -0.15) is 0 Å². The Morgan fingerprint density at radius 1 is 1.36 bits per heavy atom. The van der Waals surface area contributed by atoms with E-state index in [2.05, 4.69) is 5.32 Å². The lowest BCUT2D eigenvalue weighted by Gasteiger charge is -2.19. The Morgan fingerprint density at radius 2 is 1.82 bits per heavy atom. The maximum absolute atomic E-state index is 10.4. The van der Waals surface area contributed by atoms with E-state index >= 15 is 0 Å². The van der Waals surface area contributed by atoms with E-state index in [1.165, 1.54) is 13.8 Å². The molecule has 11 heavy (non-hydrogen) atoms. The van der Waals surface area contributed by atoms with Gasteiger partial charge < -0.3 is 10.2 Å². The van der Waals surface area contributed by atoms with Crippen LogP contribution in [0.5, 0.6) is 0 Å². The predicted octanol–water partition coefficient (Wildman–Crippen LogP) is -0.476. The third-order valence-electron chi connectivity index (χ3n) is 1.22. The molecule has 0 unspecified atom stereocenters. The minimum Gasteiger partial charge on any atom is -0.480 e. The van der Waals surface area contributed by atoms with Crippen molar-refractivity contribution in [2.24, 2.45) is 0 Å². The fourth-order valence-corrected chi connectivity index (χ4v) is 0.372. The minimum atomic E-state index is -1.18. The Kier molecular flexibility index (Phi) is 3.00. The van der Waals surface area contributed by atoms with Crippen molar-refractivity contribution in [2.75, 3.05) is 6.54 Å². The van der Waals surface area contributed by atoms with E-state index in [0.717, 1.165) is 0 Å². The number of carboxylic acid groups (broad SMARTS) is 2. The molecule has 3 N–H and O–H groups in total. The molecule has 0 aliphatic heterocycles. The molecular formula is C6H11NO4. The van der Waals surface area contributed by atoms with Crippen LogP contribution in [0.25, 0.3) is 0 Å². The van der Waals surface area contributed by atoms with Crippen molar-refractivity contribution in [3.63, 3.8) is 0 Å². The van der Waals surface area contributed by atoms with Gasteiger partial charge in [0.2, 0.25) is 0 Å². The summed E-state index contributed by atoms with van der Waals surface area (Å²) in [7, 11) is 0. The average Bonchev–Trinajstić information content (AvgIpc) is 1.84. The average molecular weight is 161 g/mol. The number of rotatable bonds is 4. The molecule has 0 saturated carbocycles. The van der Waals surface area contributed by atoms with Crippen molar-refractivity contribution in [3.05, 3.63) is 0 Å². The van der Waals surface area contributed by atoms with Crippen LogP contribution in [0.1, 0.15) is 13.8 Å². The summed E-state index contributed by atoms with van der Waals surface area (Å²) >= 11 is 0. The first-order valence-electron chi connectivity index (χ1n) is 3.06. The van der Waals surface area contributed by atoms with E-state index in [9.17, 15) is 9.59 Å². The zero-order valence-corrected chi connectivity index (χ0v) is 6.42. The first-order chi connectivity index (χ1) is 4.86. The predicted molar refractivity (Wildman–Crippen MR) is 37.4 cm³/mol. The van der Waals surface area contributed by atoms with Crippen molar-refractivity contribution >= 4 is 11.9 Å². The summed E-state index contributed by atoms with van der Waals surface area (Å²) in [4.78, 5) is 20.4. The van der Waals surface area contributed by atoms with Gasteiger partial charge in [-0.15, -0.1) is 0 Å². The molecule has 5 heteroatoms. The molecule has 0 amide bonds. The van der Waals surface area contributed by atoms with Crippen molar-refractivity contribution in [2.45, 2.75) is 19.4 Å². The van der Waals surface area contributed by atoms with Crippen LogP contribution < -0.4 is 5.32 Å². The molecule has 0 saturated heterocycles. The summed E-state index contributed by atoms with van der Waals surface area (Å²) in [5.74, 6) is -2.14. The van der Waals surface area contributed by atoms with Gasteiger partial charge in [0.25, 0.3) is 0 Å². The van der Waals surface area contributed by atoms with Crippen LogP contribution in [0, 0.1) is 0 Å². The molecule has 0 fully saturated rings. The Labute approximate surface area is 64.0 Å². The highest BCUT2D eigenvalue weighted by Gasteiger charge is 2.26. The largest absolute Gasteiger partial charge is 0.480 e. The van der Waals surface area contributed by atoms with Crippen LogP contribution in [0.2, 0.25) is 0 Å². The van der Waals surface area contributed by atoms with Gasteiger partial charge in [-0.1, -0.05) is 0 Å². The Balaban J connectivity index is 3.92. The number of carboxylic acids is 2. The van der Waals surface area contributed by atoms with E-state index in [1.54, 1.807) is 0 Å². The van der Waals surface area contributed by atoms with Crippen LogP contribution in [-0.2, 0) is 9.59 Å². The van der Waals surface area contributed by atoms with Crippen LogP contribution in [0.3, 0.4) is 0 Å². The Hall–Kier alpha value is -1.10. The number of hydrogen-bond donors (Lipinski definition) is 3. The summed E-state index contributed by atoms with van der Waals surface area (Å²) in [5, 5.41) is 19.1. The number of hydrogen-bond acceptors (Lipinski definition) is 3. The van der Waals surface area contributed by atoms with E-state index in [1.807, 2.05) is 0 Å². The highest BCUT2D eigenvalue weighted by atomic mass is 16.4. The molecule has 0 spiro atoms. The fourth-order valence-electron chi connectivity index (χ4n) is 0.372. The highest BCUT2D eigenvalue weighted by molar-refractivity contribution is 5.79. The molecule has 0 aliphatic carbocycles. The second kappa shape index (κ2) is 3.34. The van der Waals surface area contributed by atoms with Crippen LogP contribution in [0.4, 0.5) is 0 Å². The minimum absolute atomic E-state index is 0.348. The van der Waals surface area contributed by atoms with Gasteiger partial charge >= 0.3 is 11.9 Å². The quantitative estimate of drug-likeness (QED) is 0.518. The first-order valence-corrected chi connectivity index (χ1v) is 3.06. The normalized spacial score (nSPS) is 11.1. The molecule has 0 heterocycles. The molecule has 0 aliphatic rings. The molecule has 0 radical (unpaired) electrons. The lowest BCUT2D eigenvalue weighted by Crippen LogP contribution is -2.48. The SMILES string of the molecule is CC(C)(NCC(=O)O)C(=O)O. The molecule has 0 rings (SSSR count). The second-order valence-electron chi connectivity index (χ2n) is 2.68. The lowest BCUT2D eigenvalue weighted by molar-refractivity contribution is -0.144. The van der Waals surface area contributed by atoms with E-state index in [0.29, 0.717) is 0 Å². The van der Waals surface area contributed by atoms with E-state index < -0.39 is 17.5 Å². The second-order valence-corrected chi connectivity index (χ2v) is 2.68. The number of nitrogens with one attached hydrogen (secondary N) is 1. The topological polar surface area (TPSA) is 86.6 Å². The van der Waals surface area contributed by atoms with Gasteiger partial charge in [0.15, 0.2) is 0 Å². The number of carbonyl (C=O) groups is 2. The first kappa shape index (κ1) is 9.90. The van der Waals surface area contributed by atoms with Gasteiger partial charge in [0.05, 0.1) is 6.54 Å². The summed E-state index contributed by atoms with van der Waals surface area (Å²) < 4.78 is 0. The maximum Gasteiger partial charge on any atom is 0.323 e. The third-order valence-corrected chi connectivity index (χ3v) is 1.22. The highest BCUT2D eigenvalue weighted by Crippen LogP contribution is 1.99. The summed E-state index contributed by atoms with van der Waals surface area (Å²) in [6.45, 7) is 2.45. The fraction of sp³-hybridized carbons (Fsp3) is 0.667. The molecule has 64 valence electrons. The van der Waals surface area contributed by atoms with Gasteiger partial charge in [-0.05, 0) is 13.8 Å². The van der Waals surface area contributed by atoms with Crippen LogP contribution in [0.15, 0.2) is 0 Å². The molecule has 0 atom stereocenters. The van der Waals surface area contributed by atoms with E-state index in [4.69, 9.17) is 10.2 Å². The van der Waals surface area contributed by atoms with Gasteiger partial charge in [0.1, 0.15) is 5.54 Å². The molecule has 0 aromatic rings. The van der Waals surface area contributed by atoms with Crippen LogP contribution >= 0.6 is 0 Å². The smallest absolute Gasteiger partial charge is 0.323 e. The third kappa shape index (κ3) is 3.57. The summed E-state index contributed by atoms with van der Waals surface area (Å²) in [6.07, 6.45) is 0. The van der Waals surface area contributed by atoms with E-state index in [-0.39, 0.29) is 6.54 Å². The number of aliphatic carboxylic acids is 2. The Bertz CT molecular complexity index is 175. The Morgan fingerprint density at radius 3 is 2.09 bits per heavy atom. The lowest BCUT2D eigenvalue weighted by atomic mass is 10.1. The zero-order chi connectivity index (χ0) is 9.07. The van der Waals surface area contributed by atoms with Crippen LogP contribution in [-0.4, -0.2) is 34.2 Å². The van der Waals surface area contributed by atoms with Gasteiger partial charge in [-0.3, -0.25) is 14.9 Å². The maximum atomic E-state index is 10.4. The van der Waals surface area contributed by atoms with Gasteiger partial charge in [-0.25, -0.2) is 0 Å². The molecule has 0 bridgehead atoms. The monoisotopic (exact) mass is 161 g/mol. The van der Waals surface area contributed by atoms with Crippen molar-refractivity contribution in [1.82, 2.24) is 5.32 Å². The molecule has 5 nitrogen and oxygen atoms in total. The van der Waals surface area contributed by atoms with Crippen molar-refractivity contribution in [3.8, 4) is 0 Å². The summed E-state index contributed by atoms with van der Waals surface area (Å²) in [5.41, 5.74) is -1.18. The molecule has 0 aromatic carbocycles. The molecular weight excluding hydrogens is 150 g/mol. The molecule has 0 aromatic heterocycles. The van der Waals surface area contributed by atoms with Crippen molar-refractivity contribution < 1.29 is 19.8 Å². The zero-order valence-electron chi connectivity index (χ0n) is 6.42. The standard InChI is InChI=1S/C6H11NO4/c1-6(2,5(10)11)7-3-4(8)9/h7H,3H2,1-2H3,(H,8,9)(H,10,11). The van der Waals surface area contributed by atoms with Gasteiger partial charge in [0, 0.05) is 0 Å². The van der Waals surface area contributed by atoms with Crippen molar-refractivity contribution in [1.29, 1.82) is 0 Å².